The van der Waals surface area contributed by atoms with Gasteiger partial charge in [0.05, 0.1) is 0 Å². The van der Waals surface area contributed by atoms with E-state index < -0.39 is 0 Å². The molecular formula is C14H20N4O. The lowest BCUT2D eigenvalue weighted by atomic mass is 10.2. The lowest BCUT2D eigenvalue weighted by Gasteiger charge is -2.37. The summed E-state index contributed by atoms with van der Waals surface area (Å²) in [5.41, 5.74) is 7.37. The highest BCUT2D eigenvalue weighted by molar-refractivity contribution is 5.91. The Hall–Kier alpha value is -1.75. The number of nitrogens with zero attached hydrogens (tertiary/aromatic N) is 3. The summed E-state index contributed by atoms with van der Waals surface area (Å²) in [7, 11) is 2.15. The van der Waals surface area contributed by atoms with Gasteiger partial charge in [-0.25, -0.2) is 4.99 Å². The number of anilines is 1. The molecule has 5 nitrogen and oxygen atoms in total. The highest BCUT2D eigenvalue weighted by Gasteiger charge is 2.27. The lowest BCUT2D eigenvalue weighted by molar-refractivity contribution is 0.191. The summed E-state index contributed by atoms with van der Waals surface area (Å²) in [5, 5.41) is 0. The fourth-order valence-electron chi connectivity index (χ4n) is 2.54. The predicted octanol–water partition coefficient (Wildman–Crippen LogP) is 1.33. The van der Waals surface area contributed by atoms with Gasteiger partial charge in [-0.1, -0.05) is 0 Å². The lowest BCUT2D eigenvalue weighted by Crippen LogP contribution is -2.51. The van der Waals surface area contributed by atoms with Crippen LogP contribution in [-0.4, -0.2) is 55.0 Å². The summed E-state index contributed by atoms with van der Waals surface area (Å²) < 4.78 is 5.94. The van der Waals surface area contributed by atoms with E-state index in [0.29, 0.717) is 0 Å². The first kappa shape index (κ1) is 12.3. The number of piperazine rings is 1. The van der Waals surface area contributed by atoms with Gasteiger partial charge in [-0.05, 0) is 32.2 Å². The highest BCUT2D eigenvalue weighted by Crippen LogP contribution is 2.34. The molecule has 0 spiro atoms. The van der Waals surface area contributed by atoms with E-state index in [2.05, 4.69) is 23.8 Å². The molecule has 2 aliphatic rings. The van der Waals surface area contributed by atoms with Crippen LogP contribution < -0.4 is 10.5 Å². The van der Waals surface area contributed by atoms with Crippen molar-refractivity contribution in [1.29, 1.82) is 0 Å². The molecule has 1 atom stereocenters. The second-order valence-corrected chi connectivity index (χ2v) is 5.25. The highest BCUT2D eigenvalue weighted by atomic mass is 16.5. The van der Waals surface area contributed by atoms with Crippen LogP contribution in [0.3, 0.4) is 0 Å². The third kappa shape index (κ3) is 2.38. The Bertz CT molecular complexity index is 506. The van der Waals surface area contributed by atoms with E-state index in [-0.39, 0.29) is 6.10 Å². The molecule has 2 N–H and O–H groups in total. The fourth-order valence-corrected chi connectivity index (χ4v) is 2.54. The summed E-state index contributed by atoms with van der Waals surface area (Å²) in [6, 6.07) is 5.62. The van der Waals surface area contributed by atoms with Gasteiger partial charge >= 0.3 is 0 Å². The quantitative estimate of drug-likeness (QED) is 0.715. The third-order valence-corrected chi connectivity index (χ3v) is 3.71. The monoisotopic (exact) mass is 260 g/mol. The zero-order valence-corrected chi connectivity index (χ0v) is 11.5. The van der Waals surface area contributed by atoms with Crippen molar-refractivity contribution in [2.75, 3.05) is 39.0 Å². The maximum absolute atomic E-state index is 5.94. The van der Waals surface area contributed by atoms with Crippen molar-refractivity contribution in [3.8, 4) is 5.75 Å². The van der Waals surface area contributed by atoms with Crippen molar-refractivity contribution in [3.05, 3.63) is 18.2 Å². The minimum absolute atomic E-state index is 0.000435. The number of nitrogens with two attached hydrogens (primary N) is 1. The first-order valence-corrected chi connectivity index (χ1v) is 6.72. The van der Waals surface area contributed by atoms with E-state index >= 15 is 0 Å². The van der Waals surface area contributed by atoms with Crippen molar-refractivity contribution < 1.29 is 4.74 Å². The summed E-state index contributed by atoms with van der Waals surface area (Å²) in [6.45, 7) is 6.18. The first-order chi connectivity index (χ1) is 9.13. The Balaban J connectivity index is 1.88. The molecule has 19 heavy (non-hydrogen) atoms. The standard InChI is InChI=1S/C14H20N4O/c1-10-14(18-7-5-17(2)6-8-18)16-12-9-11(15)3-4-13(12)19-10/h3-4,9-10H,5-8,15H2,1-2H3. The third-order valence-electron chi connectivity index (χ3n) is 3.71. The Morgan fingerprint density at radius 1 is 1.26 bits per heavy atom. The number of ether oxygens (including phenoxy) is 1. The van der Waals surface area contributed by atoms with Crippen molar-refractivity contribution in [3.63, 3.8) is 0 Å². The van der Waals surface area contributed by atoms with Crippen LogP contribution in [-0.2, 0) is 0 Å². The fraction of sp³-hybridized carbons (Fsp3) is 0.500. The minimum atomic E-state index is -0.000435. The Morgan fingerprint density at radius 2 is 2.00 bits per heavy atom. The van der Waals surface area contributed by atoms with Gasteiger partial charge in [-0.2, -0.15) is 0 Å². The van der Waals surface area contributed by atoms with Gasteiger partial charge in [-0.3, -0.25) is 0 Å². The maximum atomic E-state index is 5.94. The second kappa shape index (κ2) is 4.74. The van der Waals surface area contributed by atoms with E-state index in [4.69, 9.17) is 15.5 Å². The topological polar surface area (TPSA) is 54.1 Å². The Kier molecular flexibility index (Phi) is 3.06. The number of nitrogen functional groups attached to an aromatic ring is 1. The number of hydrogen-bond donors (Lipinski definition) is 1. The molecule has 3 rings (SSSR count). The molecule has 1 fully saturated rings. The largest absolute Gasteiger partial charge is 0.481 e. The van der Waals surface area contributed by atoms with Gasteiger partial charge in [0.1, 0.15) is 17.3 Å². The Labute approximate surface area is 113 Å². The van der Waals surface area contributed by atoms with Crippen LogP contribution in [0.4, 0.5) is 11.4 Å². The minimum Gasteiger partial charge on any atom is -0.481 e. The molecule has 1 saturated heterocycles. The summed E-state index contributed by atoms with van der Waals surface area (Å²) in [4.78, 5) is 9.40. The number of fused-ring (bicyclic) bond motifs is 1. The van der Waals surface area contributed by atoms with Crippen LogP contribution in [0, 0.1) is 0 Å². The van der Waals surface area contributed by atoms with Gasteiger partial charge in [0, 0.05) is 31.9 Å². The number of hydrogen-bond acceptors (Lipinski definition) is 5. The summed E-state index contributed by atoms with van der Waals surface area (Å²) in [6.07, 6.45) is -0.000435. The molecule has 102 valence electrons. The van der Waals surface area contributed by atoms with Crippen molar-refractivity contribution >= 4 is 17.2 Å². The number of rotatable bonds is 0. The van der Waals surface area contributed by atoms with E-state index in [1.165, 1.54) is 0 Å². The van der Waals surface area contributed by atoms with Crippen LogP contribution in [0.5, 0.6) is 5.75 Å². The molecular weight excluding hydrogens is 240 g/mol. The molecule has 0 bridgehead atoms. The molecule has 1 unspecified atom stereocenters. The van der Waals surface area contributed by atoms with Gasteiger partial charge in [-0.15, -0.1) is 0 Å². The van der Waals surface area contributed by atoms with Gasteiger partial charge in [0.25, 0.3) is 0 Å². The van der Waals surface area contributed by atoms with Crippen LogP contribution in [0.25, 0.3) is 0 Å². The molecule has 1 aromatic rings. The van der Waals surface area contributed by atoms with Crippen LogP contribution in [0.2, 0.25) is 0 Å². The summed E-state index contributed by atoms with van der Waals surface area (Å²) in [5.74, 6) is 1.84. The van der Waals surface area contributed by atoms with Gasteiger partial charge in [0.15, 0.2) is 6.10 Å². The first-order valence-electron chi connectivity index (χ1n) is 6.72. The Morgan fingerprint density at radius 3 is 2.74 bits per heavy atom. The average molecular weight is 260 g/mol. The SMILES string of the molecule is CC1Oc2ccc(N)cc2N=C1N1CCN(C)CC1. The van der Waals surface area contributed by atoms with Crippen LogP contribution in [0.1, 0.15) is 6.92 Å². The maximum Gasteiger partial charge on any atom is 0.153 e. The number of likely N-dealkylation sites (N-methyl/N-ethyl adjacent to an activating group) is 1. The van der Waals surface area contributed by atoms with E-state index in [9.17, 15) is 0 Å². The van der Waals surface area contributed by atoms with Crippen molar-refractivity contribution in [2.45, 2.75) is 13.0 Å². The molecule has 2 heterocycles. The normalized spacial score (nSPS) is 23.6. The van der Waals surface area contributed by atoms with Gasteiger partial charge < -0.3 is 20.3 Å². The average Bonchev–Trinajstić information content (AvgIpc) is 2.40. The molecule has 0 aliphatic carbocycles. The van der Waals surface area contributed by atoms with Crippen LogP contribution >= 0.6 is 0 Å². The zero-order chi connectivity index (χ0) is 13.4. The second-order valence-electron chi connectivity index (χ2n) is 5.25. The number of aliphatic imine (C=N–C) groups is 1. The summed E-state index contributed by atoms with van der Waals surface area (Å²) >= 11 is 0. The zero-order valence-electron chi connectivity index (χ0n) is 11.5. The molecule has 5 heteroatoms. The molecule has 2 aliphatic heterocycles. The van der Waals surface area contributed by atoms with E-state index in [1.54, 1.807) is 0 Å². The molecule has 0 amide bonds. The molecule has 0 saturated carbocycles. The number of benzene rings is 1. The smallest absolute Gasteiger partial charge is 0.153 e. The molecule has 1 aromatic carbocycles. The van der Waals surface area contributed by atoms with E-state index in [1.807, 2.05) is 18.2 Å². The van der Waals surface area contributed by atoms with E-state index in [0.717, 1.165) is 49.1 Å². The molecule has 0 radical (unpaired) electrons. The van der Waals surface area contributed by atoms with Crippen molar-refractivity contribution in [2.24, 2.45) is 4.99 Å². The van der Waals surface area contributed by atoms with Gasteiger partial charge in [0.2, 0.25) is 0 Å². The molecule has 0 aromatic heterocycles. The number of amidine groups is 1. The van der Waals surface area contributed by atoms with Crippen molar-refractivity contribution in [1.82, 2.24) is 9.80 Å². The predicted molar refractivity (Wildman–Crippen MR) is 77.1 cm³/mol. The van der Waals surface area contributed by atoms with Crippen LogP contribution in [0.15, 0.2) is 23.2 Å².